The molecule has 0 spiro atoms. The number of hydrogen-bond acceptors (Lipinski definition) is 4. The first-order chi connectivity index (χ1) is 11.3. The van der Waals surface area contributed by atoms with E-state index in [1.165, 1.54) is 18.7 Å². The summed E-state index contributed by atoms with van der Waals surface area (Å²) >= 11 is 0. The second kappa shape index (κ2) is 7.16. The molecular weight excluding hydrogens is 312 g/mol. The van der Waals surface area contributed by atoms with Crippen LogP contribution in [0.2, 0.25) is 0 Å². The van der Waals surface area contributed by atoms with Gasteiger partial charge in [-0.3, -0.25) is 9.59 Å². The predicted molar refractivity (Wildman–Crippen MR) is 87.8 cm³/mol. The molecule has 1 atom stereocenters. The van der Waals surface area contributed by atoms with E-state index in [0.717, 1.165) is 10.9 Å². The highest BCUT2D eigenvalue weighted by Gasteiger charge is 2.28. The maximum atomic E-state index is 12.7. The van der Waals surface area contributed by atoms with Gasteiger partial charge in [-0.15, -0.1) is 0 Å². The molecule has 0 bridgehead atoms. The van der Waals surface area contributed by atoms with Crippen LogP contribution in [0.5, 0.6) is 0 Å². The van der Waals surface area contributed by atoms with Gasteiger partial charge in [-0.1, -0.05) is 18.2 Å². The van der Waals surface area contributed by atoms with E-state index in [1.54, 1.807) is 6.07 Å². The number of para-hydroxylation sites is 1. The lowest BCUT2D eigenvalue weighted by Crippen LogP contribution is -2.46. The van der Waals surface area contributed by atoms with E-state index in [9.17, 15) is 19.5 Å². The fourth-order valence-electron chi connectivity index (χ4n) is 2.41. The number of carbonyl (C=O) groups excluding carboxylic acids is 2. The molecule has 24 heavy (non-hydrogen) atoms. The smallest absolute Gasteiger partial charge is 0.326 e. The van der Waals surface area contributed by atoms with E-state index in [0.29, 0.717) is 5.58 Å². The van der Waals surface area contributed by atoms with Crippen molar-refractivity contribution in [1.82, 2.24) is 10.2 Å². The van der Waals surface area contributed by atoms with Gasteiger partial charge in [0.25, 0.3) is 5.91 Å². The number of carbonyl (C=O) groups is 3. The molecule has 0 fully saturated rings. The van der Waals surface area contributed by atoms with Crippen molar-refractivity contribution in [3.63, 3.8) is 0 Å². The minimum Gasteiger partial charge on any atom is -0.480 e. The lowest BCUT2D eigenvalue weighted by molar-refractivity contribution is -0.141. The molecule has 0 aliphatic rings. The molecule has 0 aliphatic heterocycles. The molecule has 7 heteroatoms. The Kier molecular flexibility index (Phi) is 5.23. The number of furan rings is 1. The van der Waals surface area contributed by atoms with Crippen LogP contribution >= 0.6 is 0 Å². The predicted octanol–water partition coefficient (Wildman–Crippen LogP) is 1.79. The minimum absolute atomic E-state index is 0.0713. The van der Waals surface area contributed by atoms with Gasteiger partial charge in [0, 0.05) is 25.4 Å². The summed E-state index contributed by atoms with van der Waals surface area (Å²) in [6.45, 7) is 4.88. The fourth-order valence-corrected chi connectivity index (χ4v) is 2.41. The largest absolute Gasteiger partial charge is 0.480 e. The van der Waals surface area contributed by atoms with Crippen molar-refractivity contribution in [2.24, 2.45) is 0 Å². The summed E-state index contributed by atoms with van der Waals surface area (Å²) in [5.74, 6) is -1.82. The summed E-state index contributed by atoms with van der Waals surface area (Å²) in [7, 11) is 0. The van der Waals surface area contributed by atoms with Crippen molar-refractivity contribution in [3.8, 4) is 0 Å². The molecule has 1 aromatic carbocycles. The molecule has 0 radical (unpaired) electrons. The first kappa shape index (κ1) is 17.5. The topological polar surface area (TPSA) is 99.9 Å². The van der Waals surface area contributed by atoms with Gasteiger partial charge in [0.15, 0.2) is 5.76 Å². The first-order valence-corrected chi connectivity index (χ1v) is 7.58. The van der Waals surface area contributed by atoms with Gasteiger partial charge in [0.1, 0.15) is 11.6 Å². The quantitative estimate of drug-likeness (QED) is 0.840. The average Bonchev–Trinajstić information content (AvgIpc) is 2.95. The van der Waals surface area contributed by atoms with Crippen molar-refractivity contribution < 1.29 is 23.9 Å². The standard InChI is InChI=1S/C17H20N2O5/c1-10-5-4-6-13-9-14(24-15(10)13)16(21)19(11(2)17(22)23)8-7-18-12(3)20/h4-6,9,11H,7-8H2,1-3H3,(H,18,20)(H,22,23). The van der Waals surface area contributed by atoms with Crippen LogP contribution in [0.3, 0.4) is 0 Å². The number of amides is 2. The van der Waals surface area contributed by atoms with E-state index in [4.69, 9.17) is 4.42 Å². The number of aryl methyl sites for hydroxylation is 1. The maximum Gasteiger partial charge on any atom is 0.326 e. The van der Waals surface area contributed by atoms with Crippen LogP contribution in [0.15, 0.2) is 28.7 Å². The summed E-state index contributed by atoms with van der Waals surface area (Å²) in [5, 5.41) is 12.6. The molecule has 0 saturated heterocycles. The van der Waals surface area contributed by atoms with Crippen LogP contribution in [0.1, 0.15) is 30.0 Å². The minimum atomic E-state index is -1.13. The Morgan fingerprint density at radius 1 is 1.33 bits per heavy atom. The number of rotatable bonds is 6. The summed E-state index contributed by atoms with van der Waals surface area (Å²) in [5.41, 5.74) is 1.49. The summed E-state index contributed by atoms with van der Waals surface area (Å²) < 4.78 is 5.63. The normalized spacial score (nSPS) is 12.0. The number of hydrogen-bond donors (Lipinski definition) is 2. The number of carboxylic acids is 1. The second-order valence-electron chi connectivity index (χ2n) is 5.60. The molecule has 2 amide bonds. The monoisotopic (exact) mass is 332 g/mol. The van der Waals surface area contributed by atoms with Gasteiger partial charge < -0.3 is 19.7 Å². The molecule has 1 aromatic heterocycles. The van der Waals surface area contributed by atoms with Gasteiger partial charge in [-0.05, 0) is 25.5 Å². The molecule has 0 saturated carbocycles. The molecule has 1 unspecified atom stereocenters. The van der Waals surface area contributed by atoms with Crippen LogP contribution in [0, 0.1) is 6.92 Å². The van der Waals surface area contributed by atoms with E-state index in [-0.39, 0.29) is 24.8 Å². The third-order valence-corrected chi connectivity index (χ3v) is 3.76. The third kappa shape index (κ3) is 3.73. The van der Waals surface area contributed by atoms with E-state index in [2.05, 4.69) is 5.32 Å². The Morgan fingerprint density at radius 3 is 2.62 bits per heavy atom. The van der Waals surface area contributed by atoms with Gasteiger partial charge in [0.2, 0.25) is 5.91 Å². The Balaban J connectivity index is 2.29. The van der Waals surface area contributed by atoms with E-state index in [1.807, 2.05) is 25.1 Å². The maximum absolute atomic E-state index is 12.7. The lowest BCUT2D eigenvalue weighted by atomic mass is 10.2. The van der Waals surface area contributed by atoms with Gasteiger partial charge in [-0.25, -0.2) is 4.79 Å². The zero-order chi connectivity index (χ0) is 17.9. The average molecular weight is 332 g/mol. The number of carboxylic acid groups (broad SMARTS) is 1. The Labute approximate surface area is 139 Å². The Morgan fingerprint density at radius 2 is 2.04 bits per heavy atom. The summed E-state index contributed by atoms with van der Waals surface area (Å²) in [6.07, 6.45) is 0. The van der Waals surface area contributed by atoms with Crippen molar-refractivity contribution in [2.75, 3.05) is 13.1 Å². The van der Waals surface area contributed by atoms with Crippen LogP contribution in [0.25, 0.3) is 11.0 Å². The number of aliphatic carboxylic acids is 1. The highest BCUT2D eigenvalue weighted by atomic mass is 16.4. The van der Waals surface area contributed by atoms with Crippen LogP contribution in [-0.2, 0) is 9.59 Å². The van der Waals surface area contributed by atoms with Gasteiger partial charge in [-0.2, -0.15) is 0 Å². The molecular formula is C17H20N2O5. The van der Waals surface area contributed by atoms with Crippen molar-refractivity contribution in [3.05, 3.63) is 35.6 Å². The summed E-state index contributed by atoms with van der Waals surface area (Å²) in [4.78, 5) is 36.1. The highest BCUT2D eigenvalue weighted by Crippen LogP contribution is 2.24. The zero-order valence-electron chi connectivity index (χ0n) is 13.8. The SMILES string of the molecule is CC(=O)NCCN(C(=O)c1cc2cccc(C)c2o1)C(C)C(=O)O. The molecule has 7 nitrogen and oxygen atoms in total. The number of nitrogens with zero attached hydrogens (tertiary/aromatic N) is 1. The lowest BCUT2D eigenvalue weighted by Gasteiger charge is -2.25. The van der Waals surface area contributed by atoms with E-state index < -0.39 is 17.9 Å². The molecule has 0 aliphatic carbocycles. The van der Waals surface area contributed by atoms with Gasteiger partial charge >= 0.3 is 5.97 Å². The number of nitrogens with one attached hydrogen (secondary N) is 1. The molecule has 2 N–H and O–H groups in total. The van der Waals surface area contributed by atoms with Gasteiger partial charge in [0.05, 0.1) is 0 Å². The second-order valence-corrected chi connectivity index (χ2v) is 5.60. The molecule has 1 heterocycles. The van der Waals surface area contributed by atoms with E-state index >= 15 is 0 Å². The molecule has 128 valence electrons. The van der Waals surface area contributed by atoms with Crippen molar-refractivity contribution in [1.29, 1.82) is 0 Å². The first-order valence-electron chi connectivity index (χ1n) is 7.58. The number of benzene rings is 1. The molecule has 2 aromatic rings. The highest BCUT2D eigenvalue weighted by molar-refractivity contribution is 5.98. The van der Waals surface area contributed by atoms with Crippen molar-refractivity contribution >= 4 is 28.8 Å². The summed E-state index contributed by atoms with van der Waals surface area (Å²) in [6, 6.07) is 6.11. The van der Waals surface area contributed by atoms with Crippen molar-refractivity contribution in [2.45, 2.75) is 26.8 Å². The molecule has 2 rings (SSSR count). The third-order valence-electron chi connectivity index (χ3n) is 3.76. The van der Waals surface area contributed by atoms with Crippen LogP contribution in [-0.4, -0.2) is 46.9 Å². The Bertz CT molecular complexity index is 780. The van der Waals surface area contributed by atoms with Crippen LogP contribution < -0.4 is 5.32 Å². The number of fused-ring (bicyclic) bond motifs is 1. The Hall–Kier alpha value is -2.83. The zero-order valence-corrected chi connectivity index (χ0v) is 13.8. The van der Waals surface area contributed by atoms with Crippen LogP contribution in [0.4, 0.5) is 0 Å². The fraction of sp³-hybridized carbons (Fsp3) is 0.353.